The van der Waals surface area contributed by atoms with Crippen LogP contribution in [0.3, 0.4) is 0 Å². The molecule has 7 nitrogen and oxygen atoms in total. The predicted octanol–water partition coefficient (Wildman–Crippen LogP) is 0.990. The van der Waals surface area contributed by atoms with E-state index in [1.54, 1.807) is 29.2 Å². The highest BCUT2D eigenvalue weighted by Gasteiger charge is 2.30. The van der Waals surface area contributed by atoms with Crippen molar-refractivity contribution >= 4 is 33.7 Å². The van der Waals surface area contributed by atoms with Crippen LogP contribution in [0, 0.1) is 0 Å². The third-order valence-corrected chi connectivity index (χ3v) is 5.55. The topological polar surface area (TPSA) is 81.8 Å². The van der Waals surface area contributed by atoms with Crippen LogP contribution in [0.25, 0.3) is 0 Å². The van der Waals surface area contributed by atoms with Gasteiger partial charge in [0.1, 0.15) is 0 Å². The molecular weight excluding hydrogens is 412 g/mol. The first-order valence-electron chi connectivity index (χ1n) is 9.30. The third-order valence-electron chi connectivity index (χ3n) is 5.02. The van der Waals surface area contributed by atoms with Crippen LogP contribution in [0.15, 0.2) is 28.7 Å². The van der Waals surface area contributed by atoms with Crippen molar-refractivity contribution in [2.45, 2.75) is 31.8 Å². The largest absolute Gasteiger partial charge is 0.352 e. The van der Waals surface area contributed by atoms with Crippen LogP contribution in [0.1, 0.15) is 30.1 Å². The van der Waals surface area contributed by atoms with E-state index in [9.17, 15) is 14.4 Å². The molecule has 1 aromatic rings. The molecular formula is C19H25BrN4O3. The lowest BCUT2D eigenvalue weighted by Gasteiger charge is -2.37. The van der Waals surface area contributed by atoms with Crippen molar-refractivity contribution in [2.24, 2.45) is 0 Å². The first-order valence-corrected chi connectivity index (χ1v) is 10.1. The van der Waals surface area contributed by atoms with Crippen LogP contribution >= 0.6 is 15.9 Å². The monoisotopic (exact) mass is 436 g/mol. The van der Waals surface area contributed by atoms with E-state index in [4.69, 9.17) is 0 Å². The molecule has 0 spiro atoms. The molecule has 1 aliphatic heterocycles. The number of rotatable bonds is 6. The van der Waals surface area contributed by atoms with Crippen LogP contribution in [-0.2, 0) is 9.59 Å². The molecule has 3 rings (SSSR count). The Bertz CT molecular complexity index is 697. The summed E-state index contributed by atoms with van der Waals surface area (Å²) in [6.07, 6.45) is 2.15. The van der Waals surface area contributed by atoms with E-state index in [0.29, 0.717) is 37.8 Å². The first kappa shape index (κ1) is 19.8. The number of nitrogens with zero attached hydrogens (tertiary/aromatic N) is 2. The number of hydrogen-bond acceptors (Lipinski definition) is 4. The molecule has 1 heterocycles. The first-order chi connectivity index (χ1) is 12.9. The average Bonchev–Trinajstić information content (AvgIpc) is 3.50. The summed E-state index contributed by atoms with van der Waals surface area (Å²) in [6, 6.07) is 7.16. The molecule has 0 radical (unpaired) electrons. The van der Waals surface area contributed by atoms with E-state index in [1.165, 1.54) is 0 Å². The number of piperazine rings is 1. The summed E-state index contributed by atoms with van der Waals surface area (Å²) >= 11 is 3.33. The van der Waals surface area contributed by atoms with Gasteiger partial charge in [-0.3, -0.25) is 19.3 Å². The zero-order valence-corrected chi connectivity index (χ0v) is 17.0. The van der Waals surface area contributed by atoms with Gasteiger partial charge in [0.05, 0.1) is 12.6 Å². The lowest BCUT2D eigenvalue weighted by Crippen LogP contribution is -2.56. The summed E-state index contributed by atoms with van der Waals surface area (Å²) in [5, 5.41) is 5.70. The van der Waals surface area contributed by atoms with Crippen molar-refractivity contribution < 1.29 is 14.4 Å². The summed E-state index contributed by atoms with van der Waals surface area (Å²) in [6.45, 7) is 4.33. The van der Waals surface area contributed by atoms with Gasteiger partial charge in [-0.15, -0.1) is 0 Å². The molecule has 27 heavy (non-hydrogen) atoms. The lowest BCUT2D eigenvalue weighted by molar-refractivity contribution is -0.133. The van der Waals surface area contributed by atoms with Crippen molar-refractivity contribution in [2.75, 3.05) is 32.7 Å². The SMILES string of the molecule is CC(C(=O)NC1CC1)N1CCN(C(=O)CNC(=O)c2ccc(Br)cc2)CC1. The van der Waals surface area contributed by atoms with Gasteiger partial charge < -0.3 is 15.5 Å². The summed E-state index contributed by atoms with van der Waals surface area (Å²) in [4.78, 5) is 40.5. The predicted molar refractivity (Wildman–Crippen MR) is 105 cm³/mol. The number of benzene rings is 1. The fourth-order valence-electron chi connectivity index (χ4n) is 3.04. The molecule has 0 aromatic heterocycles. The molecule has 1 aromatic carbocycles. The van der Waals surface area contributed by atoms with Crippen molar-refractivity contribution in [1.29, 1.82) is 0 Å². The Morgan fingerprint density at radius 3 is 2.33 bits per heavy atom. The van der Waals surface area contributed by atoms with Gasteiger partial charge in [-0.25, -0.2) is 0 Å². The quantitative estimate of drug-likeness (QED) is 0.696. The standard InChI is InChI=1S/C19H25BrN4O3/c1-13(18(26)22-16-6-7-16)23-8-10-24(11-9-23)17(25)12-21-19(27)14-2-4-15(20)5-3-14/h2-5,13,16H,6-12H2,1H3,(H,21,27)(H,22,26). The molecule has 1 aliphatic carbocycles. The lowest BCUT2D eigenvalue weighted by atomic mass is 10.2. The summed E-state index contributed by atoms with van der Waals surface area (Å²) in [5.74, 6) is -0.297. The fraction of sp³-hybridized carbons (Fsp3) is 0.526. The van der Waals surface area contributed by atoms with Gasteiger partial charge in [-0.1, -0.05) is 15.9 Å². The number of amides is 3. The van der Waals surface area contributed by atoms with Crippen LogP contribution in [-0.4, -0.2) is 72.3 Å². The maximum absolute atomic E-state index is 12.4. The minimum atomic E-state index is -0.264. The highest BCUT2D eigenvalue weighted by atomic mass is 79.9. The summed E-state index contributed by atoms with van der Waals surface area (Å²) in [7, 11) is 0. The molecule has 2 N–H and O–H groups in total. The Kier molecular flexibility index (Phi) is 6.49. The maximum Gasteiger partial charge on any atom is 0.251 e. The van der Waals surface area contributed by atoms with Crippen molar-refractivity contribution in [3.63, 3.8) is 0 Å². The average molecular weight is 437 g/mol. The van der Waals surface area contributed by atoms with Crippen molar-refractivity contribution in [3.05, 3.63) is 34.3 Å². The van der Waals surface area contributed by atoms with E-state index in [0.717, 1.165) is 17.3 Å². The van der Waals surface area contributed by atoms with Crippen molar-refractivity contribution in [1.82, 2.24) is 20.4 Å². The Morgan fingerprint density at radius 1 is 1.11 bits per heavy atom. The summed E-state index contributed by atoms with van der Waals surface area (Å²) in [5.41, 5.74) is 0.520. The third kappa shape index (κ3) is 5.52. The number of carbonyl (C=O) groups is 3. The molecule has 2 fully saturated rings. The molecule has 1 saturated heterocycles. The number of halogens is 1. The molecule has 3 amide bonds. The van der Waals surface area contributed by atoms with Crippen LogP contribution < -0.4 is 10.6 Å². The van der Waals surface area contributed by atoms with Gasteiger partial charge in [0.15, 0.2) is 0 Å². The Morgan fingerprint density at radius 2 is 1.74 bits per heavy atom. The molecule has 8 heteroatoms. The molecule has 0 bridgehead atoms. The molecule has 146 valence electrons. The second-order valence-corrected chi connectivity index (χ2v) is 7.98. The normalized spacial score (nSPS) is 18.7. The van der Waals surface area contributed by atoms with Gasteiger partial charge in [-0.05, 0) is 44.0 Å². The fourth-order valence-corrected chi connectivity index (χ4v) is 3.31. The van der Waals surface area contributed by atoms with Gasteiger partial charge in [0.25, 0.3) is 5.91 Å². The Labute approximate surface area is 167 Å². The van der Waals surface area contributed by atoms with Gasteiger partial charge in [0, 0.05) is 42.3 Å². The van der Waals surface area contributed by atoms with E-state index < -0.39 is 0 Å². The molecule has 1 atom stereocenters. The molecule has 1 saturated carbocycles. The number of carbonyl (C=O) groups excluding carboxylic acids is 3. The van der Waals surface area contributed by atoms with Gasteiger partial charge in [-0.2, -0.15) is 0 Å². The summed E-state index contributed by atoms with van der Waals surface area (Å²) < 4.78 is 0.896. The zero-order chi connectivity index (χ0) is 19.4. The van der Waals surface area contributed by atoms with Crippen LogP contribution in [0.2, 0.25) is 0 Å². The van der Waals surface area contributed by atoms with Crippen LogP contribution in [0.4, 0.5) is 0 Å². The van der Waals surface area contributed by atoms with E-state index >= 15 is 0 Å². The smallest absolute Gasteiger partial charge is 0.251 e. The van der Waals surface area contributed by atoms with E-state index in [1.807, 2.05) is 6.92 Å². The van der Waals surface area contributed by atoms with Crippen LogP contribution in [0.5, 0.6) is 0 Å². The maximum atomic E-state index is 12.4. The Balaban J connectivity index is 1.40. The highest BCUT2D eigenvalue weighted by Crippen LogP contribution is 2.19. The zero-order valence-electron chi connectivity index (χ0n) is 15.4. The van der Waals surface area contributed by atoms with Gasteiger partial charge >= 0.3 is 0 Å². The minimum absolute atomic E-state index is 0.0212. The molecule has 1 unspecified atom stereocenters. The minimum Gasteiger partial charge on any atom is -0.352 e. The molecule has 2 aliphatic rings. The Hall–Kier alpha value is -1.93. The van der Waals surface area contributed by atoms with Gasteiger partial charge in [0.2, 0.25) is 11.8 Å². The number of nitrogens with one attached hydrogen (secondary N) is 2. The van der Waals surface area contributed by atoms with E-state index in [2.05, 4.69) is 31.5 Å². The second kappa shape index (κ2) is 8.84. The number of hydrogen-bond donors (Lipinski definition) is 2. The van der Waals surface area contributed by atoms with E-state index in [-0.39, 0.29) is 30.3 Å². The highest BCUT2D eigenvalue weighted by molar-refractivity contribution is 9.10. The second-order valence-electron chi connectivity index (χ2n) is 7.07. The van der Waals surface area contributed by atoms with Crippen molar-refractivity contribution in [3.8, 4) is 0 Å².